The van der Waals surface area contributed by atoms with Crippen LogP contribution in [0.2, 0.25) is 0 Å². The maximum atomic E-state index is 10.7. The van der Waals surface area contributed by atoms with Crippen LogP contribution in [-0.4, -0.2) is 45.4 Å². The summed E-state index contributed by atoms with van der Waals surface area (Å²) in [5.74, 6) is 0. The molecule has 0 aliphatic heterocycles. The molecule has 16 heavy (non-hydrogen) atoms. The summed E-state index contributed by atoms with van der Waals surface area (Å²) >= 11 is 3.39. The van der Waals surface area contributed by atoms with Gasteiger partial charge in [-0.2, -0.15) is 0 Å². The first-order valence-corrected chi connectivity index (χ1v) is 5.94. The highest BCUT2D eigenvalue weighted by molar-refractivity contribution is 9.10. The van der Waals surface area contributed by atoms with E-state index in [4.69, 9.17) is 0 Å². The number of carbonyl (C=O) groups is 1. The zero-order chi connectivity index (χ0) is 12.1. The summed E-state index contributed by atoms with van der Waals surface area (Å²) in [7, 11) is 6.16. The van der Waals surface area contributed by atoms with E-state index in [1.807, 2.05) is 25.2 Å². The van der Waals surface area contributed by atoms with Crippen LogP contribution in [0.3, 0.4) is 0 Å². The minimum Gasteiger partial charge on any atom is -0.373 e. The van der Waals surface area contributed by atoms with Crippen molar-refractivity contribution in [3.8, 4) is 0 Å². The molecular formula is C12H17BrN2O. The van der Waals surface area contributed by atoms with Crippen LogP contribution < -0.4 is 4.90 Å². The Kier molecular flexibility index (Phi) is 4.96. The van der Waals surface area contributed by atoms with Gasteiger partial charge in [0, 0.05) is 35.9 Å². The molecule has 0 amide bonds. The van der Waals surface area contributed by atoms with Gasteiger partial charge in [0.2, 0.25) is 0 Å². The fourth-order valence-corrected chi connectivity index (χ4v) is 1.79. The van der Waals surface area contributed by atoms with Gasteiger partial charge in [-0.1, -0.05) is 0 Å². The van der Waals surface area contributed by atoms with E-state index in [-0.39, 0.29) is 0 Å². The minimum atomic E-state index is 0.685. The van der Waals surface area contributed by atoms with Gasteiger partial charge in [-0.25, -0.2) is 0 Å². The van der Waals surface area contributed by atoms with E-state index < -0.39 is 0 Å². The van der Waals surface area contributed by atoms with Gasteiger partial charge >= 0.3 is 0 Å². The van der Waals surface area contributed by atoms with Crippen LogP contribution in [0.25, 0.3) is 0 Å². The largest absolute Gasteiger partial charge is 0.373 e. The van der Waals surface area contributed by atoms with Crippen LogP contribution in [0, 0.1) is 0 Å². The fraction of sp³-hybridized carbons (Fsp3) is 0.417. The van der Waals surface area contributed by atoms with Crippen molar-refractivity contribution >= 4 is 27.9 Å². The standard InChI is InChI=1S/C12H17BrN2O/c1-14(2)6-7-15(3)11-5-4-10(9-16)12(13)8-11/h4-5,8-9H,6-7H2,1-3H3. The van der Waals surface area contributed by atoms with Crippen LogP contribution in [0.5, 0.6) is 0 Å². The normalized spacial score (nSPS) is 10.6. The molecule has 0 N–H and O–H groups in total. The van der Waals surface area contributed by atoms with E-state index in [9.17, 15) is 4.79 Å². The van der Waals surface area contributed by atoms with Crippen molar-refractivity contribution in [3.63, 3.8) is 0 Å². The lowest BCUT2D eigenvalue weighted by Crippen LogP contribution is -2.28. The summed E-state index contributed by atoms with van der Waals surface area (Å²) in [5, 5.41) is 0. The molecule has 0 fully saturated rings. The second-order valence-corrected chi connectivity index (χ2v) is 4.90. The number of hydrogen-bond acceptors (Lipinski definition) is 3. The maximum Gasteiger partial charge on any atom is 0.151 e. The Hall–Kier alpha value is -0.870. The van der Waals surface area contributed by atoms with Crippen molar-refractivity contribution in [1.82, 2.24) is 4.90 Å². The topological polar surface area (TPSA) is 23.6 Å². The molecule has 0 radical (unpaired) electrons. The average Bonchev–Trinajstić information content (AvgIpc) is 2.25. The molecular weight excluding hydrogens is 268 g/mol. The summed E-state index contributed by atoms with van der Waals surface area (Å²) in [4.78, 5) is 15.0. The van der Waals surface area contributed by atoms with Crippen LogP contribution in [0.4, 0.5) is 5.69 Å². The zero-order valence-electron chi connectivity index (χ0n) is 9.90. The van der Waals surface area contributed by atoms with Crippen molar-refractivity contribution in [2.45, 2.75) is 0 Å². The van der Waals surface area contributed by atoms with Crippen molar-refractivity contribution in [2.75, 3.05) is 39.1 Å². The molecule has 1 rings (SSSR count). The Morgan fingerprint density at radius 3 is 2.44 bits per heavy atom. The zero-order valence-corrected chi connectivity index (χ0v) is 11.5. The van der Waals surface area contributed by atoms with E-state index in [1.54, 1.807) is 0 Å². The summed E-state index contributed by atoms with van der Waals surface area (Å²) in [6.45, 7) is 1.96. The molecule has 0 bridgehead atoms. The summed E-state index contributed by atoms with van der Waals surface area (Å²) in [5.41, 5.74) is 1.80. The predicted octanol–water partition coefficient (Wildman–Crippen LogP) is 2.26. The average molecular weight is 285 g/mol. The molecule has 0 saturated carbocycles. The van der Waals surface area contributed by atoms with Crippen molar-refractivity contribution in [3.05, 3.63) is 28.2 Å². The second-order valence-electron chi connectivity index (χ2n) is 4.05. The lowest BCUT2D eigenvalue weighted by molar-refractivity contribution is 0.112. The molecule has 0 atom stereocenters. The molecule has 0 aromatic heterocycles. The number of benzene rings is 1. The molecule has 0 spiro atoms. The Bertz CT molecular complexity index is 366. The van der Waals surface area contributed by atoms with Gasteiger partial charge < -0.3 is 9.80 Å². The number of aldehydes is 1. The van der Waals surface area contributed by atoms with E-state index in [1.165, 1.54) is 0 Å². The van der Waals surface area contributed by atoms with Crippen LogP contribution in [-0.2, 0) is 0 Å². The molecule has 0 heterocycles. The monoisotopic (exact) mass is 284 g/mol. The molecule has 4 heteroatoms. The molecule has 0 aliphatic carbocycles. The van der Waals surface area contributed by atoms with Gasteiger partial charge in [0.25, 0.3) is 0 Å². The Balaban J connectivity index is 2.72. The van der Waals surface area contributed by atoms with Crippen LogP contribution >= 0.6 is 15.9 Å². The van der Waals surface area contributed by atoms with E-state index >= 15 is 0 Å². The van der Waals surface area contributed by atoms with Gasteiger partial charge in [-0.05, 0) is 48.2 Å². The van der Waals surface area contributed by atoms with Crippen LogP contribution in [0.15, 0.2) is 22.7 Å². The molecule has 0 saturated heterocycles. The number of rotatable bonds is 5. The maximum absolute atomic E-state index is 10.7. The predicted molar refractivity (Wildman–Crippen MR) is 71.4 cm³/mol. The number of likely N-dealkylation sites (N-methyl/N-ethyl adjacent to an activating group) is 2. The highest BCUT2D eigenvalue weighted by Crippen LogP contribution is 2.22. The van der Waals surface area contributed by atoms with E-state index in [0.717, 1.165) is 29.5 Å². The summed E-state index contributed by atoms with van der Waals surface area (Å²) in [6, 6.07) is 5.77. The fourth-order valence-electron chi connectivity index (χ4n) is 1.33. The van der Waals surface area contributed by atoms with Gasteiger partial charge in [-0.3, -0.25) is 4.79 Å². The smallest absolute Gasteiger partial charge is 0.151 e. The Morgan fingerprint density at radius 2 is 1.94 bits per heavy atom. The third-order valence-electron chi connectivity index (χ3n) is 2.43. The van der Waals surface area contributed by atoms with Gasteiger partial charge in [0.15, 0.2) is 6.29 Å². The quantitative estimate of drug-likeness (QED) is 0.775. The number of hydrogen-bond donors (Lipinski definition) is 0. The second kappa shape index (κ2) is 6.01. The molecule has 0 unspecified atom stereocenters. The van der Waals surface area contributed by atoms with Gasteiger partial charge in [0.05, 0.1) is 0 Å². The van der Waals surface area contributed by atoms with E-state index in [0.29, 0.717) is 5.56 Å². The Labute approximate surface area is 105 Å². The molecule has 0 aliphatic rings. The summed E-state index contributed by atoms with van der Waals surface area (Å²) < 4.78 is 0.844. The minimum absolute atomic E-state index is 0.685. The first-order chi connectivity index (χ1) is 7.54. The Morgan fingerprint density at radius 1 is 1.25 bits per heavy atom. The number of nitrogens with zero attached hydrogens (tertiary/aromatic N) is 2. The number of anilines is 1. The number of carbonyl (C=O) groups excluding carboxylic acids is 1. The first-order valence-electron chi connectivity index (χ1n) is 5.15. The number of halogens is 1. The third-order valence-corrected chi connectivity index (χ3v) is 3.12. The lowest BCUT2D eigenvalue weighted by Gasteiger charge is -2.22. The van der Waals surface area contributed by atoms with Crippen LogP contribution in [0.1, 0.15) is 10.4 Å². The van der Waals surface area contributed by atoms with Gasteiger partial charge in [-0.15, -0.1) is 0 Å². The van der Waals surface area contributed by atoms with Crippen molar-refractivity contribution in [2.24, 2.45) is 0 Å². The highest BCUT2D eigenvalue weighted by atomic mass is 79.9. The SMILES string of the molecule is CN(C)CCN(C)c1ccc(C=O)c(Br)c1. The van der Waals surface area contributed by atoms with Crippen molar-refractivity contribution in [1.29, 1.82) is 0 Å². The molecule has 1 aromatic rings. The lowest BCUT2D eigenvalue weighted by atomic mass is 10.2. The molecule has 1 aromatic carbocycles. The van der Waals surface area contributed by atoms with E-state index in [2.05, 4.69) is 39.8 Å². The molecule has 3 nitrogen and oxygen atoms in total. The molecule has 88 valence electrons. The van der Waals surface area contributed by atoms with Crippen molar-refractivity contribution < 1.29 is 4.79 Å². The summed E-state index contributed by atoms with van der Waals surface area (Å²) in [6.07, 6.45) is 0.855. The van der Waals surface area contributed by atoms with Gasteiger partial charge in [0.1, 0.15) is 0 Å². The first kappa shape index (κ1) is 13.2. The third kappa shape index (κ3) is 3.61. The highest BCUT2D eigenvalue weighted by Gasteiger charge is 2.04.